The molecule has 0 radical (unpaired) electrons. The van der Waals surface area contributed by atoms with Gasteiger partial charge in [-0.15, -0.1) is 0 Å². The zero-order chi connectivity index (χ0) is 30.7. The fourth-order valence-electron chi connectivity index (χ4n) is 5.28. The van der Waals surface area contributed by atoms with Crippen LogP contribution in [0.25, 0.3) is 0 Å². The summed E-state index contributed by atoms with van der Waals surface area (Å²) in [5, 5.41) is 2.99. The van der Waals surface area contributed by atoms with Crippen molar-refractivity contribution in [1.82, 2.24) is 10.2 Å². The molecule has 0 saturated carbocycles. The Morgan fingerprint density at radius 2 is 1.40 bits per heavy atom. The average molecular weight is 591 g/mol. The molecule has 1 heterocycles. The van der Waals surface area contributed by atoms with Gasteiger partial charge in [0.1, 0.15) is 6.61 Å². The molecule has 234 valence electrons. The molecule has 1 aliphatic heterocycles. The highest BCUT2D eigenvalue weighted by molar-refractivity contribution is 6.21. The van der Waals surface area contributed by atoms with Crippen molar-refractivity contribution in [1.29, 1.82) is 0 Å². The van der Waals surface area contributed by atoms with Gasteiger partial charge in [0.25, 0.3) is 11.8 Å². The Labute approximate surface area is 258 Å². The molecule has 2 aromatic rings. The molecule has 3 amide bonds. The summed E-state index contributed by atoms with van der Waals surface area (Å²) >= 11 is 0. The summed E-state index contributed by atoms with van der Waals surface area (Å²) in [7, 11) is 1.56. The van der Waals surface area contributed by atoms with E-state index in [1.165, 1.54) is 69.1 Å². The summed E-state index contributed by atoms with van der Waals surface area (Å²) in [6, 6.07) is 12.3. The monoisotopic (exact) mass is 590 g/mol. The van der Waals surface area contributed by atoms with Crippen molar-refractivity contribution in [2.24, 2.45) is 0 Å². The molecule has 7 heteroatoms. The second kappa shape index (κ2) is 19.6. The number of benzene rings is 2. The minimum Gasteiger partial charge on any atom is -0.493 e. The summed E-state index contributed by atoms with van der Waals surface area (Å²) in [4.78, 5) is 38.6. The van der Waals surface area contributed by atoms with Crippen molar-refractivity contribution in [2.75, 3.05) is 20.3 Å². The normalized spacial score (nSPS) is 12.7. The molecule has 1 N–H and O–H groups in total. The fraction of sp³-hybridized carbons (Fsp3) is 0.528. The molecule has 2 aromatic carbocycles. The van der Waals surface area contributed by atoms with Crippen molar-refractivity contribution in [3.8, 4) is 11.5 Å². The van der Waals surface area contributed by atoms with Crippen molar-refractivity contribution in [3.63, 3.8) is 0 Å². The molecule has 7 nitrogen and oxygen atoms in total. The Kier molecular flexibility index (Phi) is 15.4. The third-order valence-corrected chi connectivity index (χ3v) is 7.83. The number of imide groups is 1. The van der Waals surface area contributed by atoms with Gasteiger partial charge in [-0.3, -0.25) is 19.3 Å². The van der Waals surface area contributed by atoms with Crippen molar-refractivity contribution in [2.45, 2.75) is 103 Å². The molecule has 43 heavy (non-hydrogen) atoms. The third-order valence-electron chi connectivity index (χ3n) is 7.83. The van der Waals surface area contributed by atoms with Crippen LogP contribution in [-0.4, -0.2) is 42.9 Å². The second-order valence-corrected chi connectivity index (χ2v) is 11.3. The topological polar surface area (TPSA) is 84.9 Å². The number of amides is 3. The Morgan fingerprint density at radius 1 is 0.791 bits per heavy atom. The van der Waals surface area contributed by atoms with Crippen molar-refractivity contribution in [3.05, 3.63) is 71.3 Å². The van der Waals surface area contributed by atoms with E-state index >= 15 is 0 Å². The number of methoxy groups -OCH3 is 1. The Hall–Kier alpha value is -3.61. The maximum Gasteiger partial charge on any atom is 0.261 e. The third kappa shape index (κ3) is 11.5. The minimum atomic E-state index is -0.302. The van der Waals surface area contributed by atoms with Crippen LogP contribution < -0.4 is 14.8 Å². The number of nitrogens with one attached hydrogen (secondary N) is 1. The van der Waals surface area contributed by atoms with Gasteiger partial charge in [0, 0.05) is 13.0 Å². The van der Waals surface area contributed by atoms with E-state index in [4.69, 9.17) is 9.47 Å². The number of carbonyl (C=O) groups excluding carboxylic acids is 3. The zero-order valence-electron chi connectivity index (χ0n) is 26.2. The molecule has 0 aromatic heterocycles. The SMILES string of the molecule is CCCCCCCC/C=C\CCCCCCCC(=O)NCc1ccc(OCCN2C(=O)c3ccccc3C2=O)c(OC)c1. The summed E-state index contributed by atoms with van der Waals surface area (Å²) in [5.41, 5.74) is 1.75. The Bertz CT molecular complexity index is 1160. The van der Waals surface area contributed by atoms with Crippen LogP contribution in [0.3, 0.4) is 0 Å². The maximum absolute atomic E-state index is 12.5. The van der Waals surface area contributed by atoms with E-state index in [0.717, 1.165) is 24.8 Å². The summed E-state index contributed by atoms with van der Waals surface area (Å²) < 4.78 is 11.3. The predicted octanol–water partition coefficient (Wildman–Crippen LogP) is 8.02. The zero-order valence-corrected chi connectivity index (χ0v) is 26.2. The molecular weight excluding hydrogens is 540 g/mol. The lowest BCUT2D eigenvalue weighted by atomic mass is 10.1. The Balaban J connectivity index is 1.24. The van der Waals surface area contributed by atoms with Crippen LogP contribution >= 0.6 is 0 Å². The van der Waals surface area contributed by atoms with Crippen LogP contribution in [0.15, 0.2) is 54.6 Å². The standard InChI is InChI=1S/C36H50N2O5/c1-3-4-5-6-7-8-9-10-11-12-13-14-15-16-17-22-34(39)37-28-29-23-24-32(33(27-29)42-2)43-26-25-38-35(40)30-20-18-19-21-31(30)36(38)41/h10-11,18-21,23-24,27H,3-9,12-17,22,25-26,28H2,1-2H3,(H,37,39)/b11-10-. The highest BCUT2D eigenvalue weighted by Crippen LogP contribution is 2.29. The quantitative estimate of drug-likeness (QED) is 0.0853. The molecule has 0 aliphatic carbocycles. The van der Waals surface area contributed by atoms with Gasteiger partial charge >= 0.3 is 0 Å². The first kappa shape index (κ1) is 33.9. The lowest BCUT2D eigenvalue weighted by molar-refractivity contribution is -0.121. The van der Waals surface area contributed by atoms with Gasteiger partial charge in [-0.05, 0) is 61.9 Å². The van der Waals surface area contributed by atoms with E-state index in [0.29, 0.717) is 35.6 Å². The predicted molar refractivity (Wildman–Crippen MR) is 172 cm³/mol. The maximum atomic E-state index is 12.5. The summed E-state index contributed by atoms with van der Waals surface area (Å²) in [6.07, 6.45) is 21.3. The highest BCUT2D eigenvalue weighted by atomic mass is 16.5. The molecule has 0 fully saturated rings. The van der Waals surface area contributed by atoms with Crippen LogP contribution in [0.2, 0.25) is 0 Å². The first-order valence-corrected chi connectivity index (χ1v) is 16.2. The molecule has 0 spiro atoms. The minimum absolute atomic E-state index is 0.0536. The number of carbonyl (C=O) groups is 3. The highest BCUT2D eigenvalue weighted by Gasteiger charge is 2.34. The van der Waals surface area contributed by atoms with Gasteiger partial charge in [0.2, 0.25) is 5.91 Å². The van der Waals surface area contributed by atoms with E-state index in [1.807, 2.05) is 12.1 Å². The first-order chi connectivity index (χ1) is 21.0. The van der Waals surface area contributed by atoms with Crippen LogP contribution in [0.4, 0.5) is 0 Å². The van der Waals surface area contributed by atoms with E-state index in [2.05, 4.69) is 24.4 Å². The number of nitrogens with zero attached hydrogens (tertiary/aromatic N) is 1. The van der Waals surface area contributed by atoms with Crippen molar-refractivity contribution >= 4 is 17.7 Å². The van der Waals surface area contributed by atoms with Crippen molar-refractivity contribution < 1.29 is 23.9 Å². The largest absolute Gasteiger partial charge is 0.493 e. The number of hydrogen-bond donors (Lipinski definition) is 1. The number of ether oxygens (including phenoxy) is 2. The Morgan fingerprint density at radius 3 is 2.02 bits per heavy atom. The fourth-order valence-corrected chi connectivity index (χ4v) is 5.28. The molecule has 3 rings (SSSR count). The molecule has 0 unspecified atom stereocenters. The summed E-state index contributed by atoms with van der Waals surface area (Å²) in [6.45, 7) is 2.96. The molecular formula is C36H50N2O5. The second-order valence-electron chi connectivity index (χ2n) is 11.3. The van der Waals surface area contributed by atoms with Gasteiger partial charge < -0.3 is 14.8 Å². The van der Waals surface area contributed by atoms with Gasteiger partial charge in [0.05, 0.1) is 24.8 Å². The number of unbranched alkanes of at least 4 members (excludes halogenated alkanes) is 11. The van der Waals surface area contributed by atoms with Gasteiger partial charge in [-0.25, -0.2) is 0 Å². The van der Waals surface area contributed by atoms with Gasteiger partial charge in [0.15, 0.2) is 11.5 Å². The van der Waals surface area contributed by atoms with E-state index < -0.39 is 0 Å². The lowest BCUT2D eigenvalue weighted by Crippen LogP contribution is -2.33. The average Bonchev–Trinajstić information content (AvgIpc) is 3.27. The number of rotatable bonds is 22. The summed E-state index contributed by atoms with van der Waals surface area (Å²) in [5.74, 6) is 0.500. The van der Waals surface area contributed by atoms with Crippen LogP contribution in [0.5, 0.6) is 11.5 Å². The smallest absolute Gasteiger partial charge is 0.261 e. The van der Waals surface area contributed by atoms with Crippen LogP contribution in [0.1, 0.15) is 123 Å². The van der Waals surface area contributed by atoms with Gasteiger partial charge in [-0.2, -0.15) is 0 Å². The van der Waals surface area contributed by atoms with E-state index in [1.54, 1.807) is 37.4 Å². The molecule has 0 atom stereocenters. The number of hydrogen-bond acceptors (Lipinski definition) is 5. The number of allylic oxidation sites excluding steroid dienone is 2. The van der Waals surface area contributed by atoms with E-state index in [9.17, 15) is 14.4 Å². The van der Waals surface area contributed by atoms with Gasteiger partial charge in [-0.1, -0.05) is 88.6 Å². The molecule has 1 aliphatic rings. The first-order valence-electron chi connectivity index (χ1n) is 16.2. The lowest BCUT2D eigenvalue weighted by Gasteiger charge is -2.16. The van der Waals surface area contributed by atoms with Crippen LogP contribution in [-0.2, 0) is 11.3 Å². The number of fused-ring (bicyclic) bond motifs is 1. The van der Waals surface area contributed by atoms with E-state index in [-0.39, 0.29) is 30.9 Å². The van der Waals surface area contributed by atoms with Crippen LogP contribution in [0, 0.1) is 0 Å². The molecule has 0 saturated heterocycles. The molecule has 0 bridgehead atoms.